The molecule has 0 aliphatic carbocycles. The molecular formula is C34H36FN11O12P2. The molecule has 2 aliphatic heterocycles. The van der Waals surface area contributed by atoms with Crippen molar-refractivity contribution >= 4 is 49.7 Å². The molecule has 316 valence electrons. The number of carbonyl (C=O) groups is 1. The molecule has 23 nitrogen and oxygen atoms in total. The first-order valence-electron chi connectivity index (χ1n) is 18.2. The summed E-state index contributed by atoms with van der Waals surface area (Å²) < 4.78 is 90.9. The lowest BCUT2D eigenvalue weighted by Crippen LogP contribution is -2.29. The molecule has 4 aromatic heterocycles. The van der Waals surface area contributed by atoms with Gasteiger partial charge in [-0.05, 0) is 12.1 Å². The van der Waals surface area contributed by atoms with Gasteiger partial charge in [0.15, 0.2) is 34.4 Å². The third-order valence-electron chi connectivity index (χ3n) is 9.12. The number of imidazole rings is 2. The number of anilines is 1. The van der Waals surface area contributed by atoms with Crippen LogP contribution in [0, 0.1) is 22.7 Å². The molecule has 7 rings (SSSR count). The van der Waals surface area contributed by atoms with Crippen LogP contribution in [0.2, 0.25) is 0 Å². The molecule has 8 atom stereocenters. The van der Waals surface area contributed by atoms with Gasteiger partial charge in [0.1, 0.15) is 30.9 Å². The predicted octanol–water partition coefficient (Wildman–Crippen LogP) is 4.27. The number of benzene rings is 1. The monoisotopic (exact) mass is 871 g/mol. The summed E-state index contributed by atoms with van der Waals surface area (Å²) in [6.07, 6.45) is -2.96. The van der Waals surface area contributed by atoms with Gasteiger partial charge in [-0.1, -0.05) is 18.2 Å². The normalized spacial score (nSPS) is 23.5. The molecule has 0 radical (unpaired) electrons. The minimum atomic E-state index is -4.66. The molecule has 1 aromatic carbocycles. The topological polar surface area (TPSA) is 292 Å². The first kappa shape index (κ1) is 42.8. The fourth-order valence-corrected chi connectivity index (χ4v) is 8.65. The van der Waals surface area contributed by atoms with Crippen molar-refractivity contribution in [2.24, 2.45) is 0 Å². The van der Waals surface area contributed by atoms with Gasteiger partial charge < -0.3 is 19.8 Å². The van der Waals surface area contributed by atoms with Crippen LogP contribution in [0.25, 0.3) is 22.3 Å². The van der Waals surface area contributed by atoms with Gasteiger partial charge in [0.05, 0.1) is 76.5 Å². The van der Waals surface area contributed by atoms with Crippen molar-refractivity contribution in [3.8, 4) is 12.1 Å². The standard InChI is InChI=1S/C34H36FN11O12P2/c1-51-59(49,52-11-5-9-36)55-16-25-24(14-26(57-25)45-19-42-27-29(38-17-39-30(27)45)44-32(47)21-7-3-2-4-8-21)58-60(50,53-12-6-10-37)54-15-22-13-23(35)34(56-22)46-20-43-28-31(46)40-18-41-33(28)48/h2-4,7-8,17-20,22-26,34H,5-6,11-16H2,1H3,(H,40,41,48)(H,38,39,44,47)/t22?,23-,24+,25?,26?,34?,59?,60?/m1/s1. The zero-order chi connectivity index (χ0) is 42.3. The molecule has 2 aliphatic rings. The number of phosphoric ester groups is 2. The summed E-state index contributed by atoms with van der Waals surface area (Å²) >= 11 is 0. The van der Waals surface area contributed by atoms with Crippen LogP contribution in [0.15, 0.2) is 60.4 Å². The number of H-pyrrole nitrogens is 1. The largest absolute Gasteiger partial charge is 0.475 e. The van der Waals surface area contributed by atoms with E-state index in [1.54, 1.807) is 30.3 Å². The van der Waals surface area contributed by atoms with Crippen molar-refractivity contribution in [3.05, 3.63) is 71.6 Å². The van der Waals surface area contributed by atoms with E-state index in [1.165, 1.54) is 28.1 Å². The number of halogens is 1. The first-order valence-corrected chi connectivity index (χ1v) is 21.1. The maximum absolute atomic E-state index is 15.4. The van der Waals surface area contributed by atoms with Crippen LogP contribution in [-0.2, 0) is 45.7 Å². The van der Waals surface area contributed by atoms with Gasteiger partial charge in [0.25, 0.3) is 11.5 Å². The fraction of sp³-hybridized carbons (Fsp3) is 0.441. The van der Waals surface area contributed by atoms with Gasteiger partial charge in [-0.15, -0.1) is 0 Å². The average molecular weight is 872 g/mol. The Morgan fingerprint density at radius 2 is 1.62 bits per heavy atom. The number of nitriles is 2. The summed E-state index contributed by atoms with van der Waals surface area (Å²) in [5.41, 5.74) is 0.358. The number of ether oxygens (including phenoxy) is 2. The summed E-state index contributed by atoms with van der Waals surface area (Å²) in [4.78, 5) is 48.5. The Labute approximate surface area is 338 Å². The highest BCUT2D eigenvalue weighted by atomic mass is 31.2. The number of nitrogens with zero attached hydrogens (tertiary/aromatic N) is 9. The molecule has 5 aromatic rings. The Morgan fingerprint density at radius 3 is 2.37 bits per heavy atom. The number of rotatable bonds is 19. The van der Waals surface area contributed by atoms with Crippen molar-refractivity contribution in [3.63, 3.8) is 0 Å². The summed E-state index contributed by atoms with van der Waals surface area (Å²) in [6, 6.07) is 12.2. The van der Waals surface area contributed by atoms with E-state index in [1.807, 2.05) is 12.1 Å². The number of amides is 1. The summed E-state index contributed by atoms with van der Waals surface area (Å²) in [6.45, 7) is -1.71. The number of aromatic nitrogens is 8. The van der Waals surface area contributed by atoms with Crippen LogP contribution in [0.1, 0.15) is 48.5 Å². The molecule has 60 heavy (non-hydrogen) atoms. The molecular weight excluding hydrogens is 835 g/mol. The van der Waals surface area contributed by atoms with Gasteiger partial charge in [-0.25, -0.2) is 38.4 Å². The predicted molar refractivity (Wildman–Crippen MR) is 201 cm³/mol. The fourth-order valence-electron chi connectivity index (χ4n) is 6.31. The van der Waals surface area contributed by atoms with E-state index < -0.39 is 77.3 Å². The van der Waals surface area contributed by atoms with Crippen molar-refractivity contribution in [1.82, 2.24) is 39.0 Å². The van der Waals surface area contributed by atoms with Crippen LogP contribution in [0.4, 0.5) is 10.2 Å². The van der Waals surface area contributed by atoms with Crippen molar-refractivity contribution < 1.29 is 54.9 Å². The van der Waals surface area contributed by atoms with Crippen molar-refractivity contribution in [1.29, 1.82) is 10.5 Å². The van der Waals surface area contributed by atoms with E-state index in [0.29, 0.717) is 5.56 Å². The zero-order valence-corrected chi connectivity index (χ0v) is 33.3. The smallest absolute Gasteiger partial charge is 0.349 e. The first-order chi connectivity index (χ1) is 29.0. The van der Waals surface area contributed by atoms with Crippen LogP contribution in [0.3, 0.4) is 0 Å². The molecule has 26 heteroatoms. The van der Waals surface area contributed by atoms with Gasteiger partial charge in [-0.2, -0.15) is 10.5 Å². The lowest BCUT2D eigenvalue weighted by molar-refractivity contribution is -0.0537. The molecule has 6 unspecified atom stereocenters. The SMILES string of the molecule is COP(=O)(OCCC#N)OCC1OC(n2cnc3c(NC(=O)c4ccccc4)ncnc32)C[C@@H]1OP(=O)(OCCC#N)OCC1C[C@@H](F)C(n2cnc3c(=O)[nH]cnc32)O1. The number of aromatic amines is 1. The Kier molecular flexibility index (Phi) is 13.5. The number of fused-ring (bicyclic) bond motifs is 2. The van der Waals surface area contributed by atoms with E-state index in [-0.39, 0.29) is 67.0 Å². The lowest BCUT2D eigenvalue weighted by atomic mass is 10.2. The summed E-state index contributed by atoms with van der Waals surface area (Å²) in [5.74, 6) is -0.334. The molecule has 1 amide bonds. The molecule has 2 N–H and O–H groups in total. The molecule has 2 fully saturated rings. The maximum atomic E-state index is 15.4. The van der Waals surface area contributed by atoms with E-state index in [9.17, 15) is 24.0 Å². The second-order valence-electron chi connectivity index (χ2n) is 13.0. The Balaban J connectivity index is 1.11. The highest BCUT2D eigenvalue weighted by molar-refractivity contribution is 7.48. The van der Waals surface area contributed by atoms with Gasteiger partial charge in [-0.3, -0.25) is 45.9 Å². The number of hydrogen-bond acceptors (Lipinski definition) is 19. The van der Waals surface area contributed by atoms with Crippen molar-refractivity contribution in [2.45, 2.75) is 62.6 Å². The molecule has 0 bridgehead atoms. The average Bonchev–Trinajstić information content (AvgIpc) is 4.05. The number of hydrogen-bond donors (Lipinski definition) is 2. The van der Waals surface area contributed by atoms with Crippen LogP contribution in [-0.4, -0.2) is 103 Å². The van der Waals surface area contributed by atoms with E-state index >= 15 is 4.39 Å². The van der Waals surface area contributed by atoms with Gasteiger partial charge in [0.2, 0.25) is 0 Å². The minimum absolute atomic E-state index is 0.0191. The Morgan fingerprint density at radius 1 is 0.917 bits per heavy atom. The summed E-state index contributed by atoms with van der Waals surface area (Å²) in [7, 11) is -7.82. The van der Waals surface area contributed by atoms with E-state index in [0.717, 1.165) is 13.4 Å². The number of nitrogens with one attached hydrogen (secondary N) is 2. The zero-order valence-electron chi connectivity index (χ0n) is 31.5. The van der Waals surface area contributed by atoms with Crippen molar-refractivity contribution in [2.75, 3.05) is 38.9 Å². The van der Waals surface area contributed by atoms with Gasteiger partial charge >= 0.3 is 15.6 Å². The van der Waals surface area contributed by atoms with Crippen LogP contribution < -0.4 is 10.9 Å². The molecule has 0 saturated carbocycles. The van der Waals surface area contributed by atoms with E-state index in [4.69, 9.17) is 41.9 Å². The molecule has 6 heterocycles. The Hall–Kier alpha value is -5.36. The quantitative estimate of drug-likeness (QED) is 0.0865. The molecule has 0 spiro atoms. The number of alkyl halides is 1. The van der Waals surface area contributed by atoms with Gasteiger partial charge in [0, 0.05) is 25.5 Å². The van der Waals surface area contributed by atoms with Crippen LogP contribution >= 0.6 is 15.6 Å². The highest BCUT2D eigenvalue weighted by Crippen LogP contribution is 2.55. The lowest BCUT2D eigenvalue weighted by Gasteiger charge is -2.25. The number of carbonyl (C=O) groups excluding carboxylic acids is 1. The minimum Gasteiger partial charge on any atom is -0.349 e. The second-order valence-corrected chi connectivity index (χ2v) is 16.4. The molecule has 2 saturated heterocycles. The summed E-state index contributed by atoms with van der Waals surface area (Å²) in [5, 5.41) is 20.8. The highest BCUT2D eigenvalue weighted by Gasteiger charge is 2.46. The van der Waals surface area contributed by atoms with E-state index in [2.05, 4.69) is 35.2 Å². The third kappa shape index (κ3) is 9.65. The maximum Gasteiger partial charge on any atom is 0.475 e. The van der Waals surface area contributed by atoms with Crippen LogP contribution in [0.5, 0.6) is 0 Å². The Bertz CT molecular complexity index is 2550. The number of phosphoric acid groups is 2. The second kappa shape index (κ2) is 18.9. The third-order valence-corrected chi connectivity index (χ3v) is 12.0.